The molecule has 0 fully saturated rings. The van der Waals surface area contributed by atoms with Crippen LogP contribution in [0.5, 0.6) is 0 Å². The number of rotatable bonds is 0. The quantitative estimate of drug-likeness (QED) is 0.537. The average Bonchev–Trinajstić information content (AvgIpc) is 2.15. The zero-order valence-electron chi connectivity index (χ0n) is 6.89. The largest absolute Gasteiger partial charge is 0.209 e. The first kappa shape index (κ1) is 8.75. The van der Waals surface area contributed by atoms with E-state index in [0.29, 0.717) is 0 Å². The molecule has 0 nitrogen and oxygen atoms in total. The highest BCUT2D eigenvalue weighted by Crippen LogP contribution is 2.37. The minimum absolute atomic E-state index is 0.0528. The topological polar surface area (TPSA) is 0 Å². The average molecular weight is 198 g/mol. The fourth-order valence-electron chi connectivity index (χ4n) is 1.69. The Kier molecular flexibility index (Phi) is 2.12. The Hall–Kier alpha value is -0.830. The van der Waals surface area contributed by atoms with E-state index >= 15 is 0 Å². The second-order valence-corrected chi connectivity index (χ2v) is 3.64. The molecular weight excluding hydrogens is 190 g/mol. The van der Waals surface area contributed by atoms with Crippen molar-refractivity contribution in [3.63, 3.8) is 0 Å². The molecule has 0 heterocycles. The summed E-state index contributed by atoms with van der Waals surface area (Å²) in [5, 5.41) is 0. The lowest BCUT2D eigenvalue weighted by Crippen LogP contribution is -2.19. The summed E-state index contributed by atoms with van der Waals surface area (Å²) < 4.78 is 26.0. The third-order valence-electron chi connectivity index (χ3n) is 2.40. The maximum absolute atomic E-state index is 13.0. The summed E-state index contributed by atoms with van der Waals surface area (Å²) in [5.74, 6) is -1.48. The monoisotopic (exact) mass is 198 g/mol. The maximum atomic E-state index is 13.0. The van der Waals surface area contributed by atoms with Crippen LogP contribution in [-0.2, 0) is 0 Å². The van der Waals surface area contributed by atoms with Gasteiger partial charge in [-0.3, -0.25) is 0 Å². The summed E-state index contributed by atoms with van der Waals surface area (Å²) >= 11 is 4.83. The van der Waals surface area contributed by atoms with Gasteiger partial charge in [-0.1, -0.05) is 30.4 Å². The van der Waals surface area contributed by atoms with E-state index in [0.717, 1.165) is 12.0 Å². The molecule has 0 bridgehead atoms. The van der Waals surface area contributed by atoms with Crippen molar-refractivity contribution in [2.24, 2.45) is 5.92 Å². The smallest absolute Gasteiger partial charge is 0.172 e. The van der Waals surface area contributed by atoms with Gasteiger partial charge in [0.15, 0.2) is 5.83 Å². The van der Waals surface area contributed by atoms with Gasteiger partial charge in [-0.05, 0) is 17.9 Å². The number of thiocarbonyl (C=S) groups is 1. The number of allylic oxidation sites excluding steroid dienone is 6. The molecule has 0 spiro atoms. The Bertz CT molecular complexity index is 350. The minimum Gasteiger partial charge on any atom is -0.209 e. The Balaban J connectivity index is 2.43. The zero-order valence-corrected chi connectivity index (χ0v) is 7.70. The Morgan fingerprint density at radius 1 is 1.38 bits per heavy atom. The van der Waals surface area contributed by atoms with E-state index in [1.165, 1.54) is 0 Å². The van der Waals surface area contributed by atoms with E-state index in [-0.39, 0.29) is 17.2 Å². The van der Waals surface area contributed by atoms with E-state index in [1.807, 2.05) is 12.2 Å². The van der Waals surface area contributed by atoms with E-state index in [4.69, 9.17) is 12.2 Å². The first-order chi connectivity index (χ1) is 6.20. The molecule has 2 aliphatic carbocycles. The molecule has 3 heteroatoms. The van der Waals surface area contributed by atoms with Crippen molar-refractivity contribution in [3.8, 4) is 0 Å². The molecule has 0 radical (unpaired) electrons. The first-order valence-electron chi connectivity index (χ1n) is 4.15. The maximum Gasteiger partial charge on any atom is 0.172 e. The van der Waals surface area contributed by atoms with Gasteiger partial charge in [0.05, 0.1) is 4.86 Å². The number of hydrogen-bond acceptors (Lipinski definition) is 1. The van der Waals surface area contributed by atoms with Crippen molar-refractivity contribution in [2.45, 2.75) is 12.8 Å². The molecule has 2 rings (SSSR count). The van der Waals surface area contributed by atoms with Gasteiger partial charge in [-0.2, -0.15) is 0 Å². The van der Waals surface area contributed by atoms with Crippen LogP contribution in [0, 0.1) is 5.92 Å². The Morgan fingerprint density at radius 2 is 2.15 bits per heavy atom. The van der Waals surface area contributed by atoms with Gasteiger partial charge < -0.3 is 0 Å². The molecule has 0 aromatic heterocycles. The molecule has 68 valence electrons. The summed E-state index contributed by atoms with van der Waals surface area (Å²) in [5.41, 5.74) is 0.774. The molecule has 0 aromatic carbocycles. The van der Waals surface area contributed by atoms with Crippen LogP contribution in [-0.4, -0.2) is 4.86 Å². The van der Waals surface area contributed by atoms with Crippen LogP contribution in [0.2, 0.25) is 0 Å². The highest BCUT2D eigenvalue weighted by molar-refractivity contribution is 7.81. The number of halogens is 2. The predicted octanol–water partition coefficient (Wildman–Crippen LogP) is 3.41. The zero-order chi connectivity index (χ0) is 9.42. The van der Waals surface area contributed by atoms with Gasteiger partial charge in [0.25, 0.3) is 0 Å². The fourth-order valence-corrected chi connectivity index (χ4v) is 2.03. The predicted molar refractivity (Wildman–Crippen MR) is 51.8 cm³/mol. The molecule has 0 aliphatic heterocycles. The minimum atomic E-state index is -0.840. The molecule has 1 atom stereocenters. The van der Waals surface area contributed by atoms with Crippen LogP contribution >= 0.6 is 12.2 Å². The standard InChI is InChI=1S/C10H8F2S/c11-8-5-6-3-1-2-4-7(6)10(13)9(8)12/h1-2,4,6H,3,5H2. The normalized spacial score (nSPS) is 27.4. The van der Waals surface area contributed by atoms with Gasteiger partial charge in [0, 0.05) is 6.42 Å². The number of hydrogen-bond donors (Lipinski definition) is 0. The Morgan fingerprint density at radius 3 is 2.92 bits per heavy atom. The van der Waals surface area contributed by atoms with E-state index in [9.17, 15) is 8.78 Å². The molecule has 0 N–H and O–H groups in total. The lowest BCUT2D eigenvalue weighted by atomic mass is 9.82. The molecule has 0 amide bonds. The highest BCUT2D eigenvalue weighted by atomic mass is 32.1. The Labute approximate surface area is 80.6 Å². The van der Waals surface area contributed by atoms with Crippen LogP contribution in [0.4, 0.5) is 8.78 Å². The van der Waals surface area contributed by atoms with Crippen molar-refractivity contribution < 1.29 is 8.78 Å². The highest BCUT2D eigenvalue weighted by Gasteiger charge is 2.30. The van der Waals surface area contributed by atoms with E-state index < -0.39 is 11.7 Å². The van der Waals surface area contributed by atoms with Crippen molar-refractivity contribution in [2.75, 3.05) is 0 Å². The third-order valence-corrected chi connectivity index (χ3v) is 2.81. The van der Waals surface area contributed by atoms with Crippen LogP contribution < -0.4 is 0 Å². The summed E-state index contributed by atoms with van der Waals surface area (Å²) in [6.45, 7) is 0. The van der Waals surface area contributed by atoms with Crippen molar-refractivity contribution in [1.29, 1.82) is 0 Å². The molecule has 0 saturated heterocycles. The van der Waals surface area contributed by atoms with Crippen LogP contribution in [0.25, 0.3) is 0 Å². The van der Waals surface area contributed by atoms with Gasteiger partial charge in [-0.25, -0.2) is 8.78 Å². The second-order valence-electron chi connectivity index (χ2n) is 3.23. The van der Waals surface area contributed by atoms with Crippen molar-refractivity contribution in [1.82, 2.24) is 0 Å². The molecule has 0 saturated carbocycles. The van der Waals surface area contributed by atoms with E-state index in [2.05, 4.69) is 0 Å². The first-order valence-corrected chi connectivity index (χ1v) is 4.56. The van der Waals surface area contributed by atoms with Crippen LogP contribution in [0.15, 0.2) is 35.5 Å². The van der Waals surface area contributed by atoms with Crippen molar-refractivity contribution >= 4 is 17.1 Å². The second kappa shape index (κ2) is 3.14. The summed E-state index contributed by atoms with van der Waals surface area (Å²) in [6, 6.07) is 0. The summed E-state index contributed by atoms with van der Waals surface area (Å²) in [7, 11) is 0. The van der Waals surface area contributed by atoms with Gasteiger partial charge in [0.1, 0.15) is 5.83 Å². The fraction of sp³-hybridized carbons (Fsp3) is 0.300. The van der Waals surface area contributed by atoms with Crippen LogP contribution in [0.1, 0.15) is 12.8 Å². The SMILES string of the molecule is FC1=C(F)C(=S)C2=CC=CCC2C1. The van der Waals surface area contributed by atoms with Gasteiger partial charge in [-0.15, -0.1) is 0 Å². The number of fused-ring (bicyclic) bond motifs is 1. The van der Waals surface area contributed by atoms with Crippen molar-refractivity contribution in [3.05, 3.63) is 35.5 Å². The lowest BCUT2D eigenvalue weighted by molar-refractivity contribution is 0.467. The van der Waals surface area contributed by atoms with Crippen LogP contribution in [0.3, 0.4) is 0 Å². The molecule has 1 unspecified atom stereocenters. The third kappa shape index (κ3) is 1.37. The summed E-state index contributed by atoms with van der Waals surface area (Å²) in [6.07, 6.45) is 6.49. The van der Waals surface area contributed by atoms with E-state index in [1.54, 1.807) is 6.08 Å². The lowest BCUT2D eigenvalue weighted by Gasteiger charge is -2.25. The molecule has 2 aliphatic rings. The van der Waals surface area contributed by atoms with Gasteiger partial charge in [0.2, 0.25) is 0 Å². The molecule has 13 heavy (non-hydrogen) atoms. The summed E-state index contributed by atoms with van der Waals surface area (Å²) in [4.78, 5) is 0.0538. The van der Waals surface area contributed by atoms with Gasteiger partial charge >= 0.3 is 0 Å². The molecular formula is C10H8F2S. The molecule has 0 aromatic rings.